The number of nitrogens with one attached hydrogen (secondary N) is 2. The number of benzene rings is 2. The van der Waals surface area contributed by atoms with E-state index in [0.717, 1.165) is 5.56 Å². The minimum absolute atomic E-state index is 0.0199. The molecule has 0 saturated carbocycles. The quantitative estimate of drug-likeness (QED) is 0.512. The van der Waals surface area contributed by atoms with Crippen molar-refractivity contribution in [3.05, 3.63) is 65.7 Å². The van der Waals surface area contributed by atoms with Crippen LogP contribution in [-0.2, 0) is 25.7 Å². The smallest absolute Gasteiger partial charge is 0.306 e. The van der Waals surface area contributed by atoms with Gasteiger partial charge in [-0.1, -0.05) is 42.5 Å². The van der Waals surface area contributed by atoms with Crippen LogP contribution < -0.4 is 10.6 Å². The van der Waals surface area contributed by atoms with Gasteiger partial charge in [-0.15, -0.1) is 0 Å². The van der Waals surface area contributed by atoms with Crippen molar-refractivity contribution in [3.63, 3.8) is 0 Å². The van der Waals surface area contributed by atoms with Crippen LogP contribution in [0.3, 0.4) is 0 Å². The first-order valence-corrected chi connectivity index (χ1v) is 8.81. The summed E-state index contributed by atoms with van der Waals surface area (Å²) in [7, 11) is 0. The van der Waals surface area contributed by atoms with Crippen LogP contribution in [0.2, 0.25) is 0 Å². The first-order chi connectivity index (χ1) is 13.4. The first-order valence-electron chi connectivity index (χ1n) is 8.81. The van der Waals surface area contributed by atoms with Crippen molar-refractivity contribution < 1.29 is 23.9 Å². The zero-order chi connectivity index (χ0) is 20.4. The molecule has 0 heterocycles. The number of rotatable bonds is 9. The summed E-state index contributed by atoms with van der Waals surface area (Å²) in [5.74, 6) is -1.55. The number of carbonyl (C=O) groups excluding carboxylic acids is 4. The summed E-state index contributed by atoms with van der Waals surface area (Å²) in [5.41, 5.74) is 1.87. The molecule has 7 heteroatoms. The maximum atomic E-state index is 11.8. The Labute approximate surface area is 163 Å². The van der Waals surface area contributed by atoms with Gasteiger partial charge in [0.15, 0.2) is 12.4 Å². The molecule has 0 atom stereocenters. The lowest BCUT2D eigenvalue weighted by Gasteiger charge is -2.08. The van der Waals surface area contributed by atoms with Crippen LogP contribution in [0.25, 0.3) is 0 Å². The van der Waals surface area contributed by atoms with E-state index < -0.39 is 18.5 Å². The van der Waals surface area contributed by atoms with Gasteiger partial charge in [-0.25, -0.2) is 0 Å². The minimum Gasteiger partial charge on any atom is -0.456 e. The van der Waals surface area contributed by atoms with Crippen molar-refractivity contribution in [1.82, 2.24) is 5.32 Å². The van der Waals surface area contributed by atoms with Gasteiger partial charge in [0, 0.05) is 24.2 Å². The highest BCUT2D eigenvalue weighted by Crippen LogP contribution is 2.11. The van der Waals surface area contributed by atoms with Crippen LogP contribution in [0.4, 0.5) is 5.69 Å². The van der Waals surface area contributed by atoms with E-state index in [1.54, 1.807) is 24.3 Å². The second kappa shape index (κ2) is 10.6. The average molecular weight is 382 g/mol. The van der Waals surface area contributed by atoms with Crippen molar-refractivity contribution in [2.24, 2.45) is 0 Å². The van der Waals surface area contributed by atoms with E-state index in [0.29, 0.717) is 17.8 Å². The average Bonchev–Trinajstić information content (AvgIpc) is 2.70. The van der Waals surface area contributed by atoms with Crippen molar-refractivity contribution in [2.75, 3.05) is 11.9 Å². The fourth-order valence-corrected chi connectivity index (χ4v) is 2.33. The third-order valence-electron chi connectivity index (χ3n) is 3.81. The number of ether oxygens (including phenoxy) is 1. The Morgan fingerprint density at radius 1 is 0.893 bits per heavy atom. The largest absolute Gasteiger partial charge is 0.456 e. The zero-order valence-corrected chi connectivity index (χ0v) is 15.6. The fourth-order valence-electron chi connectivity index (χ4n) is 2.33. The molecule has 0 fully saturated rings. The van der Waals surface area contributed by atoms with E-state index in [-0.39, 0.29) is 24.5 Å². The standard InChI is InChI=1S/C21H22N2O5/c1-15(24)17-8-5-9-18(12-17)23-20(26)14-28-21(27)11-10-19(25)22-13-16-6-3-2-4-7-16/h2-9,12H,10-11,13-14H2,1H3,(H,22,25)(H,23,26). The maximum Gasteiger partial charge on any atom is 0.306 e. The van der Waals surface area contributed by atoms with Gasteiger partial charge in [-0.05, 0) is 24.6 Å². The molecule has 0 aliphatic rings. The number of ketones is 1. The van der Waals surface area contributed by atoms with Gasteiger partial charge in [-0.3, -0.25) is 19.2 Å². The lowest BCUT2D eigenvalue weighted by Crippen LogP contribution is -2.25. The molecule has 0 saturated heterocycles. The van der Waals surface area contributed by atoms with Crippen molar-refractivity contribution in [2.45, 2.75) is 26.3 Å². The number of carbonyl (C=O) groups is 4. The highest BCUT2D eigenvalue weighted by Gasteiger charge is 2.11. The van der Waals surface area contributed by atoms with Gasteiger partial charge in [0.05, 0.1) is 6.42 Å². The maximum absolute atomic E-state index is 11.8. The summed E-state index contributed by atoms with van der Waals surface area (Å²) in [6, 6.07) is 15.9. The van der Waals surface area contributed by atoms with E-state index in [1.807, 2.05) is 30.3 Å². The van der Waals surface area contributed by atoms with E-state index >= 15 is 0 Å². The Kier molecular flexibility index (Phi) is 7.90. The molecule has 28 heavy (non-hydrogen) atoms. The summed E-state index contributed by atoms with van der Waals surface area (Å²) < 4.78 is 4.87. The van der Waals surface area contributed by atoms with Gasteiger partial charge < -0.3 is 15.4 Å². The monoisotopic (exact) mass is 382 g/mol. The molecule has 2 aromatic carbocycles. The molecule has 2 N–H and O–H groups in total. The number of esters is 1. The molecule has 0 radical (unpaired) electrons. The molecule has 2 amide bonds. The van der Waals surface area contributed by atoms with E-state index in [2.05, 4.69) is 10.6 Å². The molecule has 0 aliphatic heterocycles. The van der Waals surface area contributed by atoms with Crippen LogP contribution >= 0.6 is 0 Å². The molecule has 2 aromatic rings. The molecule has 0 bridgehead atoms. The molecular formula is C21H22N2O5. The van der Waals surface area contributed by atoms with Crippen LogP contribution in [0.5, 0.6) is 0 Å². The molecule has 0 unspecified atom stereocenters. The molecule has 0 spiro atoms. The number of Topliss-reactive ketones (excluding diaryl/α,β-unsaturated/α-hetero) is 1. The molecule has 0 aromatic heterocycles. The zero-order valence-electron chi connectivity index (χ0n) is 15.6. The lowest BCUT2D eigenvalue weighted by molar-refractivity contribution is -0.148. The Bertz CT molecular complexity index is 849. The molecule has 7 nitrogen and oxygen atoms in total. The fraction of sp³-hybridized carbons (Fsp3) is 0.238. The molecule has 146 valence electrons. The highest BCUT2D eigenvalue weighted by atomic mass is 16.5. The van der Waals surface area contributed by atoms with E-state index in [9.17, 15) is 19.2 Å². The highest BCUT2D eigenvalue weighted by molar-refractivity contribution is 5.97. The normalized spacial score (nSPS) is 10.0. The number of amides is 2. The second-order valence-corrected chi connectivity index (χ2v) is 6.11. The summed E-state index contributed by atoms with van der Waals surface area (Å²) in [6.45, 7) is 1.35. The van der Waals surface area contributed by atoms with Gasteiger partial charge >= 0.3 is 5.97 Å². The van der Waals surface area contributed by atoms with Crippen molar-refractivity contribution in [1.29, 1.82) is 0 Å². The van der Waals surface area contributed by atoms with Crippen LogP contribution in [-0.4, -0.2) is 30.2 Å². The summed E-state index contributed by atoms with van der Waals surface area (Å²) in [4.78, 5) is 46.6. The van der Waals surface area contributed by atoms with Crippen LogP contribution in [0.1, 0.15) is 35.7 Å². The second-order valence-electron chi connectivity index (χ2n) is 6.11. The van der Waals surface area contributed by atoms with E-state index in [1.165, 1.54) is 6.92 Å². The van der Waals surface area contributed by atoms with Crippen molar-refractivity contribution in [3.8, 4) is 0 Å². The summed E-state index contributed by atoms with van der Waals surface area (Å²) in [5, 5.41) is 5.26. The van der Waals surface area contributed by atoms with Crippen LogP contribution in [0.15, 0.2) is 54.6 Å². The molecular weight excluding hydrogens is 360 g/mol. The third kappa shape index (κ3) is 7.41. The van der Waals surface area contributed by atoms with Gasteiger partial charge in [0.2, 0.25) is 5.91 Å². The van der Waals surface area contributed by atoms with Gasteiger partial charge in [0.1, 0.15) is 0 Å². The first kappa shape index (κ1) is 20.8. The minimum atomic E-state index is -0.637. The lowest BCUT2D eigenvalue weighted by atomic mass is 10.1. The molecule has 0 aliphatic carbocycles. The van der Waals surface area contributed by atoms with Crippen molar-refractivity contribution >= 4 is 29.3 Å². The number of hydrogen-bond donors (Lipinski definition) is 2. The Morgan fingerprint density at radius 3 is 2.36 bits per heavy atom. The Hall–Kier alpha value is -3.48. The predicted octanol–water partition coefficient (Wildman–Crippen LogP) is 2.47. The summed E-state index contributed by atoms with van der Waals surface area (Å²) >= 11 is 0. The van der Waals surface area contributed by atoms with Crippen LogP contribution in [0, 0.1) is 0 Å². The molecule has 2 rings (SSSR count). The SMILES string of the molecule is CC(=O)c1cccc(NC(=O)COC(=O)CCC(=O)NCc2ccccc2)c1. The van der Waals surface area contributed by atoms with Gasteiger partial charge in [0.25, 0.3) is 5.91 Å². The number of anilines is 1. The Morgan fingerprint density at radius 2 is 1.64 bits per heavy atom. The summed E-state index contributed by atoms with van der Waals surface area (Å²) in [6.07, 6.45) is -0.137. The topological polar surface area (TPSA) is 102 Å². The van der Waals surface area contributed by atoms with Gasteiger partial charge in [-0.2, -0.15) is 0 Å². The van der Waals surface area contributed by atoms with E-state index in [4.69, 9.17) is 4.74 Å². The Balaban J connectivity index is 1.66. The predicted molar refractivity (Wildman–Crippen MR) is 104 cm³/mol. The number of hydrogen-bond acceptors (Lipinski definition) is 5. The third-order valence-corrected chi connectivity index (χ3v) is 3.81.